The summed E-state index contributed by atoms with van der Waals surface area (Å²) in [6.45, 7) is 4.54. The Balaban J connectivity index is 1.23. The lowest BCUT2D eigenvalue weighted by atomic mass is 10.2. The molecule has 1 aliphatic heterocycles. The minimum absolute atomic E-state index is 0.178. The van der Waals surface area contributed by atoms with E-state index in [0.717, 1.165) is 49.3 Å². The van der Waals surface area contributed by atoms with Crippen LogP contribution < -0.4 is 15.5 Å². The van der Waals surface area contributed by atoms with Crippen LogP contribution in [0.25, 0.3) is 10.9 Å². The molecule has 0 saturated carbocycles. The highest BCUT2D eigenvalue weighted by molar-refractivity contribution is 6.00. The number of nitrogens with zero attached hydrogens (tertiary/aromatic N) is 3. The predicted octanol–water partition coefficient (Wildman–Crippen LogP) is 3.32. The van der Waals surface area contributed by atoms with Crippen molar-refractivity contribution < 1.29 is 9.18 Å². The van der Waals surface area contributed by atoms with Gasteiger partial charge < -0.3 is 15.5 Å². The normalized spacial score (nSPS) is 14.7. The summed E-state index contributed by atoms with van der Waals surface area (Å²) in [7, 11) is 0. The van der Waals surface area contributed by atoms with E-state index in [1.54, 1.807) is 18.3 Å². The van der Waals surface area contributed by atoms with Gasteiger partial charge in [0.2, 0.25) is 0 Å². The fourth-order valence-corrected chi connectivity index (χ4v) is 3.62. The Morgan fingerprint density at radius 1 is 1.00 bits per heavy atom. The number of carbonyl (C=O) groups is 1. The lowest BCUT2D eigenvalue weighted by Gasteiger charge is -2.36. The van der Waals surface area contributed by atoms with Gasteiger partial charge in [-0.25, -0.2) is 9.18 Å². The third-order valence-corrected chi connectivity index (χ3v) is 5.18. The SMILES string of the molecule is O=C(NCCN1CCN(c2ccccc2F)CC1)Nc1ccnc2ccccc12. The van der Waals surface area contributed by atoms with Crippen LogP contribution in [0, 0.1) is 5.82 Å². The van der Waals surface area contributed by atoms with Crippen LogP contribution >= 0.6 is 0 Å². The van der Waals surface area contributed by atoms with E-state index < -0.39 is 0 Å². The topological polar surface area (TPSA) is 60.5 Å². The van der Waals surface area contributed by atoms with Crippen LogP contribution in [-0.4, -0.2) is 55.2 Å². The first-order valence-electron chi connectivity index (χ1n) is 9.81. The van der Waals surface area contributed by atoms with Gasteiger partial charge in [-0.2, -0.15) is 0 Å². The molecule has 2 heterocycles. The van der Waals surface area contributed by atoms with Gasteiger partial charge in [-0.05, 0) is 24.3 Å². The highest BCUT2D eigenvalue weighted by atomic mass is 19.1. The highest BCUT2D eigenvalue weighted by Crippen LogP contribution is 2.21. The molecule has 0 bridgehead atoms. The number of anilines is 2. The average molecular weight is 393 g/mol. The van der Waals surface area contributed by atoms with Crippen LogP contribution in [0.2, 0.25) is 0 Å². The number of aromatic nitrogens is 1. The number of hydrogen-bond donors (Lipinski definition) is 2. The quantitative estimate of drug-likeness (QED) is 0.698. The second-order valence-electron chi connectivity index (χ2n) is 7.04. The molecule has 2 amide bonds. The van der Waals surface area contributed by atoms with Crippen LogP contribution in [0.5, 0.6) is 0 Å². The molecule has 0 radical (unpaired) electrons. The van der Waals surface area contributed by atoms with Crippen molar-refractivity contribution in [2.24, 2.45) is 0 Å². The summed E-state index contributed by atoms with van der Waals surface area (Å²) in [4.78, 5) is 20.9. The maximum absolute atomic E-state index is 13.9. The highest BCUT2D eigenvalue weighted by Gasteiger charge is 2.19. The average Bonchev–Trinajstić information content (AvgIpc) is 2.75. The van der Waals surface area contributed by atoms with Crippen molar-refractivity contribution in [2.75, 3.05) is 49.5 Å². The van der Waals surface area contributed by atoms with Gasteiger partial charge in [-0.3, -0.25) is 9.88 Å². The molecule has 0 spiro atoms. The van der Waals surface area contributed by atoms with Gasteiger partial charge in [0.1, 0.15) is 5.82 Å². The van der Waals surface area contributed by atoms with E-state index in [-0.39, 0.29) is 11.8 Å². The fourth-order valence-electron chi connectivity index (χ4n) is 3.62. The molecule has 3 aromatic rings. The van der Waals surface area contributed by atoms with Gasteiger partial charge in [0.05, 0.1) is 16.9 Å². The zero-order chi connectivity index (χ0) is 20.1. The lowest BCUT2D eigenvalue weighted by Crippen LogP contribution is -2.49. The molecule has 0 aliphatic carbocycles. The zero-order valence-electron chi connectivity index (χ0n) is 16.1. The number of rotatable bonds is 5. The van der Waals surface area contributed by atoms with Crippen LogP contribution in [0.4, 0.5) is 20.6 Å². The second kappa shape index (κ2) is 8.87. The van der Waals surface area contributed by atoms with E-state index in [1.807, 2.05) is 36.4 Å². The van der Waals surface area contributed by atoms with Crippen molar-refractivity contribution in [2.45, 2.75) is 0 Å². The minimum Gasteiger partial charge on any atom is -0.367 e. The van der Waals surface area contributed by atoms with Crippen molar-refractivity contribution in [1.82, 2.24) is 15.2 Å². The van der Waals surface area contributed by atoms with Crippen molar-refractivity contribution in [3.05, 3.63) is 66.6 Å². The lowest BCUT2D eigenvalue weighted by molar-refractivity contribution is 0.240. The first-order valence-corrected chi connectivity index (χ1v) is 9.81. The van der Waals surface area contributed by atoms with Crippen molar-refractivity contribution in [1.29, 1.82) is 0 Å². The molecule has 29 heavy (non-hydrogen) atoms. The summed E-state index contributed by atoms with van der Waals surface area (Å²) in [5.41, 5.74) is 2.25. The van der Waals surface area contributed by atoms with E-state index in [1.165, 1.54) is 6.07 Å². The Morgan fingerprint density at radius 2 is 1.76 bits per heavy atom. The summed E-state index contributed by atoms with van der Waals surface area (Å²) < 4.78 is 13.9. The largest absolute Gasteiger partial charge is 0.367 e. The molecule has 2 aromatic carbocycles. The standard InChI is InChI=1S/C22H24FN5O/c23-18-6-2-4-8-21(18)28-15-13-27(14-16-28)12-11-25-22(29)26-20-9-10-24-19-7-3-1-5-17(19)20/h1-10H,11-16H2,(H2,24,25,26,29). The number of halogens is 1. The van der Waals surface area contributed by atoms with E-state index in [9.17, 15) is 9.18 Å². The molecule has 4 rings (SSSR count). The van der Waals surface area contributed by atoms with Crippen LogP contribution in [-0.2, 0) is 0 Å². The van der Waals surface area contributed by atoms with Gasteiger partial charge in [-0.15, -0.1) is 0 Å². The van der Waals surface area contributed by atoms with E-state index in [0.29, 0.717) is 12.2 Å². The maximum Gasteiger partial charge on any atom is 0.319 e. The zero-order valence-corrected chi connectivity index (χ0v) is 16.1. The summed E-state index contributed by atoms with van der Waals surface area (Å²) in [5, 5.41) is 6.72. The van der Waals surface area contributed by atoms with Gasteiger partial charge in [-0.1, -0.05) is 30.3 Å². The fraction of sp³-hybridized carbons (Fsp3) is 0.273. The number of piperazine rings is 1. The maximum atomic E-state index is 13.9. The number of pyridine rings is 1. The molecule has 1 aliphatic rings. The molecule has 2 N–H and O–H groups in total. The van der Waals surface area contributed by atoms with Gasteiger partial charge in [0.15, 0.2) is 0 Å². The van der Waals surface area contributed by atoms with Crippen molar-refractivity contribution >= 4 is 28.3 Å². The van der Waals surface area contributed by atoms with Gasteiger partial charge in [0, 0.05) is 50.9 Å². The predicted molar refractivity (Wildman–Crippen MR) is 114 cm³/mol. The molecule has 6 nitrogen and oxygen atoms in total. The smallest absolute Gasteiger partial charge is 0.319 e. The third kappa shape index (κ3) is 4.63. The molecule has 1 fully saturated rings. The van der Waals surface area contributed by atoms with Crippen molar-refractivity contribution in [3.8, 4) is 0 Å². The molecule has 0 unspecified atom stereocenters. The number of carbonyl (C=O) groups excluding carboxylic acids is 1. The Kier molecular flexibility index (Phi) is 5.86. The van der Waals surface area contributed by atoms with Gasteiger partial charge >= 0.3 is 6.03 Å². The van der Waals surface area contributed by atoms with Gasteiger partial charge in [0.25, 0.3) is 0 Å². The molecule has 1 aromatic heterocycles. The second-order valence-corrected chi connectivity index (χ2v) is 7.04. The monoisotopic (exact) mass is 393 g/mol. The summed E-state index contributed by atoms with van der Waals surface area (Å²) in [6, 6.07) is 16.1. The third-order valence-electron chi connectivity index (χ3n) is 5.18. The Bertz CT molecular complexity index is 982. The summed E-state index contributed by atoms with van der Waals surface area (Å²) in [5.74, 6) is -0.178. The minimum atomic E-state index is -0.230. The first-order chi connectivity index (χ1) is 14.2. The van der Waals surface area contributed by atoms with E-state index in [2.05, 4.69) is 25.4 Å². The molecule has 1 saturated heterocycles. The van der Waals surface area contributed by atoms with Crippen LogP contribution in [0.15, 0.2) is 60.8 Å². The van der Waals surface area contributed by atoms with Crippen molar-refractivity contribution in [3.63, 3.8) is 0 Å². The molecule has 0 atom stereocenters. The molecular weight excluding hydrogens is 369 g/mol. The molecule has 7 heteroatoms. The number of urea groups is 1. The van der Waals surface area contributed by atoms with E-state index >= 15 is 0 Å². The Morgan fingerprint density at radius 3 is 2.59 bits per heavy atom. The number of nitrogens with one attached hydrogen (secondary N) is 2. The number of fused-ring (bicyclic) bond motifs is 1. The summed E-state index contributed by atoms with van der Waals surface area (Å²) >= 11 is 0. The van der Waals surface area contributed by atoms with Crippen LogP contribution in [0.1, 0.15) is 0 Å². The van der Waals surface area contributed by atoms with E-state index in [4.69, 9.17) is 0 Å². The van der Waals surface area contributed by atoms with Crippen LogP contribution in [0.3, 0.4) is 0 Å². The Hall–Kier alpha value is -3.19. The summed E-state index contributed by atoms with van der Waals surface area (Å²) in [6.07, 6.45) is 1.69. The molecule has 150 valence electrons. The first kappa shape index (κ1) is 19.1. The number of hydrogen-bond acceptors (Lipinski definition) is 4. The molecular formula is C22H24FN5O. The number of amides is 2. The number of benzene rings is 2. The number of para-hydroxylation sites is 2. The Labute approximate surface area is 169 Å².